The van der Waals surface area contributed by atoms with Gasteiger partial charge in [-0.05, 0) is 0 Å². The molecule has 5 N–H and O–H groups in total. The summed E-state index contributed by atoms with van der Waals surface area (Å²) in [5.74, 6) is -1.20. The first-order valence-corrected chi connectivity index (χ1v) is 5.70. The maximum atomic E-state index is 10.9. The number of phosphoric acid groups is 1. The molecule has 4 atom stereocenters. The average Bonchev–Trinajstić information content (AvgIpc) is 2.17. The lowest BCUT2D eigenvalue weighted by Crippen LogP contribution is -2.56. The van der Waals surface area contributed by atoms with E-state index in [1.807, 2.05) is 0 Å². The Balaban J connectivity index is 2.61. The molecule has 0 spiro atoms. The normalized spacial score (nSPS) is 35.9. The van der Waals surface area contributed by atoms with Gasteiger partial charge < -0.3 is 29.8 Å². The van der Waals surface area contributed by atoms with Crippen LogP contribution in [0.15, 0.2) is 0 Å². The van der Waals surface area contributed by atoms with Crippen molar-refractivity contribution in [3.63, 3.8) is 0 Å². The van der Waals surface area contributed by atoms with Gasteiger partial charge >= 0.3 is 13.8 Å². The third kappa shape index (κ3) is 3.22. The predicted molar refractivity (Wildman–Crippen MR) is 45.9 cm³/mol. The summed E-state index contributed by atoms with van der Waals surface area (Å²) >= 11 is 0. The highest BCUT2D eigenvalue weighted by Crippen LogP contribution is 2.36. The molecular formula is C6H11O9P. The lowest BCUT2D eigenvalue weighted by molar-refractivity contribution is -0.206. The van der Waals surface area contributed by atoms with Crippen LogP contribution in [0.5, 0.6) is 0 Å². The summed E-state index contributed by atoms with van der Waals surface area (Å²) in [5, 5.41) is 27.5. The fourth-order valence-electron chi connectivity index (χ4n) is 1.14. The number of carbonyl (C=O) groups excluding carboxylic acids is 1. The van der Waals surface area contributed by atoms with Crippen molar-refractivity contribution in [3.8, 4) is 0 Å². The summed E-state index contributed by atoms with van der Waals surface area (Å²) in [4.78, 5) is 27.6. The third-order valence-corrected chi connectivity index (χ3v) is 2.46. The van der Waals surface area contributed by atoms with Gasteiger partial charge in [0.15, 0.2) is 12.2 Å². The summed E-state index contributed by atoms with van der Waals surface area (Å²) < 4.78 is 18.8. The monoisotopic (exact) mass is 258 g/mol. The van der Waals surface area contributed by atoms with E-state index in [-0.39, 0.29) is 0 Å². The van der Waals surface area contributed by atoms with E-state index >= 15 is 0 Å². The minimum Gasteiger partial charge on any atom is -0.455 e. The third-order valence-electron chi connectivity index (χ3n) is 1.97. The summed E-state index contributed by atoms with van der Waals surface area (Å²) in [6.45, 7) is -0.791. The quantitative estimate of drug-likeness (QED) is 0.265. The topological polar surface area (TPSA) is 154 Å². The first-order valence-electron chi connectivity index (χ1n) is 4.17. The molecule has 0 saturated carbocycles. The molecule has 0 aromatic rings. The van der Waals surface area contributed by atoms with Gasteiger partial charge in [0.25, 0.3) is 0 Å². The highest BCUT2D eigenvalue weighted by molar-refractivity contribution is 7.46. The van der Waals surface area contributed by atoms with Gasteiger partial charge in [-0.2, -0.15) is 0 Å². The first-order chi connectivity index (χ1) is 7.22. The Bertz CT molecular complexity index is 311. The van der Waals surface area contributed by atoms with E-state index < -0.39 is 44.8 Å². The second-order valence-corrected chi connectivity index (χ2v) is 4.43. The Hall–Kier alpha value is -0.540. The zero-order valence-corrected chi connectivity index (χ0v) is 8.73. The van der Waals surface area contributed by atoms with Gasteiger partial charge in [0.2, 0.25) is 0 Å². The van der Waals surface area contributed by atoms with Gasteiger partial charge in [0.05, 0.1) is 6.61 Å². The van der Waals surface area contributed by atoms with Crippen molar-refractivity contribution in [1.82, 2.24) is 0 Å². The molecule has 1 rings (SSSR count). The zero-order chi connectivity index (χ0) is 12.5. The molecule has 10 heteroatoms. The van der Waals surface area contributed by atoms with Crippen LogP contribution >= 0.6 is 7.82 Å². The van der Waals surface area contributed by atoms with Crippen LogP contribution in [0.2, 0.25) is 0 Å². The van der Waals surface area contributed by atoms with E-state index in [1.165, 1.54) is 0 Å². The van der Waals surface area contributed by atoms with E-state index in [0.29, 0.717) is 0 Å². The minimum absolute atomic E-state index is 0.791. The van der Waals surface area contributed by atoms with Crippen molar-refractivity contribution in [2.75, 3.05) is 6.61 Å². The number of aliphatic hydroxyl groups is 3. The molecule has 1 heterocycles. The molecule has 1 aliphatic rings. The average molecular weight is 258 g/mol. The molecule has 1 saturated heterocycles. The molecule has 0 bridgehead atoms. The number of hydrogen-bond acceptors (Lipinski definition) is 7. The fourth-order valence-corrected chi connectivity index (χ4v) is 1.48. The highest BCUT2D eigenvalue weighted by atomic mass is 31.2. The van der Waals surface area contributed by atoms with Crippen LogP contribution in [-0.4, -0.2) is 62.1 Å². The Morgan fingerprint density at radius 2 is 1.81 bits per heavy atom. The van der Waals surface area contributed by atoms with Gasteiger partial charge in [-0.15, -0.1) is 0 Å². The van der Waals surface area contributed by atoms with Crippen molar-refractivity contribution in [1.29, 1.82) is 0 Å². The number of hydrogen-bond donors (Lipinski definition) is 5. The maximum Gasteiger partial charge on any atom is 0.469 e. The van der Waals surface area contributed by atoms with E-state index in [4.69, 9.17) is 20.0 Å². The van der Waals surface area contributed by atoms with E-state index in [2.05, 4.69) is 9.26 Å². The SMILES string of the molecule is O=C1O[C@@H](COP(=O)(O)O)[C@H](O)[C@@H](O)[C@@H]1O. The van der Waals surface area contributed by atoms with Crippen LogP contribution in [0.25, 0.3) is 0 Å². The number of cyclic esters (lactones) is 1. The fraction of sp³-hybridized carbons (Fsp3) is 0.833. The molecular weight excluding hydrogens is 247 g/mol. The second kappa shape index (κ2) is 4.76. The van der Waals surface area contributed by atoms with Crippen LogP contribution in [0, 0.1) is 0 Å². The minimum atomic E-state index is -4.76. The Morgan fingerprint density at radius 1 is 1.25 bits per heavy atom. The summed E-state index contributed by atoms with van der Waals surface area (Å²) in [7, 11) is -4.76. The molecule has 9 nitrogen and oxygen atoms in total. The number of rotatable bonds is 3. The van der Waals surface area contributed by atoms with Crippen LogP contribution in [-0.2, 0) is 18.6 Å². The molecule has 0 aromatic heterocycles. The lowest BCUT2D eigenvalue weighted by atomic mass is 10.0. The van der Waals surface area contributed by atoms with Gasteiger partial charge in [0, 0.05) is 0 Å². The molecule has 94 valence electrons. The summed E-state index contributed by atoms with van der Waals surface area (Å²) in [6.07, 6.45) is -6.80. The predicted octanol–water partition coefficient (Wildman–Crippen LogP) is -2.90. The van der Waals surface area contributed by atoms with Gasteiger partial charge in [0.1, 0.15) is 12.2 Å². The maximum absolute atomic E-state index is 10.9. The highest BCUT2D eigenvalue weighted by Gasteiger charge is 2.44. The Kier molecular flexibility index (Phi) is 4.02. The molecule has 0 aliphatic carbocycles. The number of carbonyl (C=O) groups is 1. The second-order valence-electron chi connectivity index (χ2n) is 3.19. The smallest absolute Gasteiger partial charge is 0.455 e. The standard InChI is InChI=1S/C6H11O9P/c7-3-2(1-14-16(11,12)13)15-6(10)5(9)4(3)8/h2-5,7-9H,1H2,(H2,11,12,13)/t2-,3-,4+,5-/m0/s1. The van der Waals surface area contributed by atoms with Crippen LogP contribution in [0.1, 0.15) is 0 Å². The Labute approximate surface area is 89.5 Å². The number of ether oxygens (including phenoxy) is 1. The van der Waals surface area contributed by atoms with Gasteiger partial charge in [-0.25, -0.2) is 9.36 Å². The number of phosphoric ester groups is 1. The molecule has 1 fully saturated rings. The number of esters is 1. The lowest BCUT2D eigenvalue weighted by Gasteiger charge is -2.33. The van der Waals surface area contributed by atoms with E-state index in [1.54, 1.807) is 0 Å². The van der Waals surface area contributed by atoms with Gasteiger partial charge in [-0.3, -0.25) is 4.52 Å². The number of aliphatic hydroxyl groups excluding tert-OH is 3. The summed E-state index contributed by atoms with van der Waals surface area (Å²) in [5.41, 5.74) is 0. The van der Waals surface area contributed by atoms with E-state index in [0.717, 1.165) is 0 Å². The van der Waals surface area contributed by atoms with Crippen molar-refractivity contribution < 1.29 is 43.7 Å². The molecule has 16 heavy (non-hydrogen) atoms. The van der Waals surface area contributed by atoms with Crippen molar-refractivity contribution >= 4 is 13.8 Å². The zero-order valence-electron chi connectivity index (χ0n) is 7.83. The molecule has 1 aliphatic heterocycles. The van der Waals surface area contributed by atoms with Crippen molar-refractivity contribution in [3.05, 3.63) is 0 Å². The Morgan fingerprint density at radius 3 is 2.31 bits per heavy atom. The largest absolute Gasteiger partial charge is 0.469 e. The van der Waals surface area contributed by atoms with Crippen LogP contribution < -0.4 is 0 Å². The molecule has 0 aromatic carbocycles. The molecule has 0 amide bonds. The van der Waals surface area contributed by atoms with Crippen molar-refractivity contribution in [2.24, 2.45) is 0 Å². The van der Waals surface area contributed by atoms with Crippen LogP contribution in [0.3, 0.4) is 0 Å². The van der Waals surface area contributed by atoms with Gasteiger partial charge in [-0.1, -0.05) is 0 Å². The van der Waals surface area contributed by atoms with E-state index in [9.17, 15) is 14.5 Å². The summed E-state index contributed by atoms with van der Waals surface area (Å²) in [6, 6.07) is 0. The molecule has 0 unspecified atom stereocenters. The van der Waals surface area contributed by atoms with Crippen LogP contribution in [0.4, 0.5) is 0 Å². The van der Waals surface area contributed by atoms with Crippen molar-refractivity contribution in [2.45, 2.75) is 24.4 Å². The first kappa shape index (κ1) is 13.5. The molecule has 0 radical (unpaired) electrons.